The lowest BCUT2D eigenvalue weighted by Crippen LogP contribution is -2.29. The van der Waals surface area contributed by atoms with Crippen LogP contribution in [-0.4, -0.2) is 30.4 Å². The van der Waals surface area contributed by atoms with Crippen molar-refractivity contribution in [2.24, 2.45) is 5.92 Å². The van der Waals surface area contributed by atoms with Crippen LogP contribution in [0.5, 0.6) is 0 Å². The number of aliphatic hydroxyl groups excluding tert-OH is 1. The van der Waals surface area contributed by atoms with E-state index in [4.69, 9.17) is 5.11 Å². The summed E-state index contributed by atoms with van der Waals surface area (Å²) in [5.41, 5.74) is 1.93. The molecule has 0 aromatic heterocycles. The van der Waals surface area contributed by atoms with Crippen molar-refractivity contribution < 1.29 is 9.90 Å². The molecule has 19 heavy (non-hydrogen) atoms. The summed E-state index contributed by atoms with van der Waals surface area (Å²) in [5, 5.41) is 11.8. The predicted molar refractivity (Wildman–Crippen MR) is 81.5 cm³/mol. The van der Waals surface area contributed by atoms with Gasteiger partial charge in [-0.05, 0) is 36.3 Å². The number of rotatable bonds is 8. The molecule has 1 atom stereocenters. The average molecular weight is 281 g/mol. The van der Waals surface area contributed by atoms with Crippen LogP contribution in [0.2, 0.25) is 0 Å². The lowest BCUT2D eigenvalue weighted by Gasteiger charge is -2.14. The first kappa shape index (κ1) is 16.1. The molecule has 0 aliphatic rings. The summed E-state index contributed by atoms with van der Waals surface area (Å²) >= 11 is 1.77. The van der Waals surface area contributed by atoms with Crippen molar-refractivity contribution in [3.8, 4) is 0 Å². The highest BCUT2D eigenvalue weighted by atomic mass is 32.2. The largest absolute Gasteiger partial charge is 0.396 e. The Labute approximate surface area is 119 Å². The van der Waals surface area contributed by atoms with E-state index < -0.39 is 0 Å². The Morgan fingerprint density at radius 1 is 1.37 bits per heavy atom. The SMILES string of the molecule is CCC(CCO)CNC(=O)c1ccc(CSC)cc1. The minimum absolute atomic E-state index is 0.0351. The van der Waals surface area contributed by atoms with Crippen LogP contribution < -0.4 is 5.32 Å². The van der Waals surface area contributed by atoms with Crippen molar-refractivity contribution >= 4 is 17.7 Å². The highest BCUT2D eigenvalue weighted by Crippen LogP contribution is 2.11. The zero-order valence-electron chi connectivity index (χ0n) is 11.7. The van der Waals surface area contributed by atoms with Gasteiger partial charge in [0.05, 0.1) is 0 Å². The lowest BCUT2D eigenvalue weighted by molar-refractivity contribution is 0.0943. The van der Waals surface area contributed by atoms with E-state index in [-0.39, 0.29) is 12.5 Å². The second-order valence-electron chi connectivity index (χ2n) is 4.63. The van der Waals surface area contributed by atoms with Crippen molar-refractivity contribution in [3.63, 3.8) is 0 Å². The van der Waals surface area contributed by atoms with Crippen LogP contribution in [-0.2, 0) is 5.75 Å². The van der Waals surface area contributed by atoms with Gasteiger partial charge in [0.25, 0.3) is 5.91 Å². The third kappa shape index (κ3) is 5.66. The molecule has 0 radical (unpaired) electrons. The summed E-state index contributed by atoms with van der Waals surface area (Å²) in [6.45, 7) is 2.88. The molecule has 2 N–H and O–H groups in total. The van der Waals surface area contributed by atoms with Crippen LogP contribution in [0.4, 0.5) is 0 Å². The minimum Gasteiger partial charge on any atom is -0.396 e. The second kappa shape index (κ2) is 8.99. The summed E-state index contributed by atoms with van der Waals surface area (Å²) in [7, 11) is 0. The Kier molecular flexibility index (Phi) is 7.60. The molecule has 0 saturated heterocycles. The predicted octanol–water partition coefficient (Wildman–Crippen LogP) is 2.69. The van der Waals surface area contributed by atoms with E-state index in [0.717, 1.165) is 18.6 Å². The number of thioether (sulfide) groups is 1. The molecule has 0 aliphatic carbocycles. The van der Waals surface area contributed by atoms with E-state index in [1.165, 1.54) is 5.56 Å². The molecule has 1 unspecified atom stereocenters. The van der Waals surface area contributed by atoms with Gasteiger partial charge >= 0.3 is 0 Å². The molecule has 1 amide bonds. The monoisotopic (exact) mass is 281 g/mol. The molecule has 1 rings (SSSR count). The smallest absolute Gasteiger partial charge is 0.251 e. The first-order valence-corrected chi connectivity index (χ1v) is 8.07. The molecule has 1 aromatic rings. The highest BCUT2D eigenvalue weighted by molar-refractivity contribution is 7.97. The van der Waals surface area contributed by atoms with Crippen LogP contribution in [0.25, 0.3) is 0 Å². The maximum Gasteiger partial charge on any atom is 0.251 e. The standard InChI is InChI=1S/C15H23NO2S/c1-3-12(8-9-17)10-16-15(18)14-6-4-13(5-7-14)11-19-2/h4-7,12,17H,3,8-11H2,1-2H3,(H,16,18). The van der Waals surface area contributed by atoms with Crippen molar-refractivity contribution in [1.82, 2.24) is 5.32 Å². The van der Waals surface area contributed by atoms with E-state index in [1.54, 1.807) is 11.8 Å². The molecule has 1 aromatic carbocycles. The summed E-state index contributed by atoms with van der Waals surface area (Å²) in [6.07, 6.45) is 3.77. The third-order valence-electron chi connectivity index (χ3n) is 3.19. The molecule has 0 heterocycles. The lowest BCUT2D eigenvalue weighted by atomic mass is 10.0. The van der Waals surface area contributed by atoms with E-state index >= 15 is 0 Å². The number of aliphatic hydroxyl groups is 1. The van der Waals surface area contributed by atoms with Crippen LogP contribution in [0.1, 0.15) is 35.7 Å². The Bertz CT molecular complexity index is 378. The number of carbonyl (C=O) groups excluding carboxylic acids is 1. The van der Waals surface area contributed by atoms with Gasteiger partial charge in [-0.15, -0.1) is 0 Å². The van der Waals surface area contributed by atoms with Gasteiger partial charge in [0.1, 0.15) is 0 Å². The second-order valence-corrected chi connectivity index (χ2v) is 5.49. The van der Waals surface area contributed by atoms with Gasteiger partial charge in [-0.25, -0.2) is 0 Å². The molecular weight excluding hydrogens is 258 g/mol. The molecule has 0 saturated carbocycles. The van der Waals surface area contributed by atoms with E-state index in [1.807, 2.05) is 24.3 Å². The van der Waals surface area contributed by atoms with Crippen molar-refractivity contribution in [1.29, 1.82) is 0 Å². The first-order chi connectivity index (χ1) is 9.21. The Morgan fingerprint density at radius 2 is 2.05 bits per heavy atom. The fourth-order valence-electron chi connectivity index (χ4n) is 1.89. The Morgan fingerprint density at radius 3 is 2.58 bits per heavy atom. The topological polar surface area (TPSA) is 49.3 Å². The maximum absolute atomic E-state index is 12.0. The van der Waals surface area contributed by atoms with E-state index in [9.17, 15) is 4.79 Å². The fourth-order valence-corrected chi connectivity index (χ4v) is 2.42. The van der Waals surface area contributed by atoms with Gasteiger partial charge in [-0.2, -0.15) is 11.8 Å². The third-order valence-corrected chi connectivity index (χ3v) is 3.82. The maximum atomic E-state index is 12.0. The van der Waals surface area contributed by atoms with Crippen LogP contribution in [0.15, 0.2) is 24.3 Å². The number of carbonyl (C=O) groups is 1. The van der Waals surface area contributed by atoms with Gasteiger partial charge < -0.3 is 10.4 Å². The van der Waals surface area contributed by atoms with Gasteiger partial charge in [-0.3, -0.25) is 4.79 Å². The Balaban J connectivity index is 2.48. The Hall–Kier alpha value is -1.00. The van der Waals surface area contributed by atoms with E-state index in [0.29, 0.717) is 18.0 Å². The normalized spacial score (nSPS) is 12.2. The number of hydrogen-bond donors (Lipinski definition) is 2. The number of nitrogens with one attached hydrogen (secondary N) is 1. The quantitative estimate of drug-likeness (QED) is 0.770. The van der Waals surface area contributed by atoms with Crippen LogP contribution in [0.3, 0.4) is 0 Å². The molecule has 0 bridgehead atoms. The van der Waals surface area contributed by atoms with Gasteiger partial charge in [0.2, 0.25) is 0 Å². The number of hydrogen-bond acceptors (Lipinski definition) is 3. The molecule has 0 spiro atoms. The number of benzene rings is 1. The van der Waals surface area contributed by atoms with Gasteiger partial charge in [0.15, 0.2) is 0 Å². The highest BCUT2D eigenvalue weighted by Gasteiger charge is 2.09. The zero-order chi connectivity index (χ0) is 14.1. The molecule has 0 aliphatic heterocycles. The zero-order valence-corrected chi connectivity index (χ0v) is 12.5. The van der Waals surface area contributed by atoms with E-state index in [2.05, 4.69) is 18.5 Å². The van der Waals surface area contributed by atoms with Gasteiger partial charge in [0, 0.05) is 24.5 Å². The average Bonchev–Trinajstić information content (AvgIpc) is 2.44. The molecule has 4 heteroatoms. The summed E-state index contributed by atoms with van der Waals surface area (Å²) in [4.78, 5) is 12.0. The number of amides is 1. The minimum atomic E-state index is -0.0351. The van der Waals surface area contributed by atoms with Gasteiger partial charge in [-0.1, -0.05) is 25.5 Å². The summed E-state index contributed by atoms with van der Waals surface area (Å²) in [5.74, 6) is 1.29. The molecule has 0 fully saturated rings. The van der Waals surface area contributed by atoms with Crippen molar-refractivity contribution in [3.05, 3.63) is 35.4 Å². The molecule has 106 valence electrons. The molecule has 3 nitrogen and oxygen atoms in total. The summed E-state index contributed by atoms with van der Waals surface area (Å²) in [6, 6.07) is 7.73. The molecular formula is C15H23NO2S. The first-order valence-electron chi connectivity index (χ1n) is 6.68. The van der Waals surface area contributed by atoms with Crippen LogP contribution >= 0.6 is 11.8 Å². The van der Waals surface area contributed by atoms with Crippen molar-refractivity contribution in [2.75, 3.05) is 19.4 Å². The fraction of sp³-hybridized carbons (Fsp3) is 0.533. The van der Waals surface area contributed by atoms with Crippen molar-refractivity contribution in [2.45, 2.75) is 25.5 Å². The summed E-state index contributed by atoms with van der Waals surface area (Å²) < 4.78 is 0. The van der Waals surface area contributed by atoms with Crippen LogP contribution in [0, 0.1) is 5.92 Å².